The number of rotatable bonds is 3. The summed E-state index contributed by atoms with van der Waals surface area (Å²) in [6.45, 7) is 8.70. The molecule has 0 fully saturated rings. The zero-order valence-corrected chi connectivity index (χ0v) is 16.1. The van der Waals surface area contributed by atoms with Crippen molar-refractivity contribution in [1.29, 1.82) is 0 Å². The number of hydrogen-bond acceptors (Lipinski definition) is 4. The Bertz CT molecular complexity index is 924. The number of aromatic carboxylic acids is 1. The van der Waals surface area contributed by atoms with Gasteiger partial charge in [0, 0.05) is 11.1 Å². The van der Waals surface area contributed by atoms with Crippen LogP contribution in [0.5, 0.6) is 5.75 Å². The first-order chi connectivity index (χ1) is 12.6. The summed E-state index contributed by atoms with van der Waals surface area (Å²) in [5.41, 5.74) is 3.48. The summed E-state index contributed by atoms with van der Waals surface area (Å²) in [5, 5.41) is 32.8. The second-order valence-electron chi connectivity index (χ2n) is 8.51. The van der Waals surface area contributed by atoms with Gasteiger partial charge in [0.05, 0.1) is 5.56 Å². The zero-order valence-electron chi connectivity index (χ0n) is 16.1. The lowest BCUT2D eigenvalue weighted by molar-refractivity contribution is 0.0697. The van der Waals surface area contributed by atoms with Crippen molar-refractivity contribution in [3.8, 4) is 5.75 Å². The van der Waals surface area contributed by atoms with E-state index in [1.165, 1.54) is 12.1 Å². The van der Waals surface area contributed by atoms with E-state index in [0.717, 1.165) is 24.0 Å². The number of hydrogen-bond donors (Lipinski definition) is 3. The lowest BCUT2D eigenvalue weighted by atomic mass is 9.62. The molecule has 27 heavy (non-hydrogen) atoms. The number of carboxylic acids is 1. The lowest BCUT2D eigenvalue weighted by Crippen LogP contribution is -2.34. The summed E-state index contributed by atoms with van der Waals surface area (Å²) in [6, 6.07) is 9.74. The van der Waals surface area contributed by atoms with Crippen molar-refractivity contribution in [2.45, 2.75) is 51.4 Å². The molecule has 0 atom stereocenters. The number of carboxylic acid groups (broad SMARTS) is 1. The van der Waals surface area contributed by atoms with Crippen LogP contribution in [0.3, 0.4) is 0 Å². The molecule has 1 aliphatic rings. The first kappa shape index (κ1) is 19.0. The molecule has 1 aliphatic carbocycles. The fourth-order valence-corrected chi connectivity index (χ4v) is 3.83. The van der Waals surface area contributed by atoms with Crippen LogP contribution in [-0.4, -0.2) is 27.1 Å². The summed E-state index contributed by atoms with van der Waals surface area (Å²) in [7, 11) is 0. The van der Waals surface area contributed by atoms with E-state index < -0.39 is 5.97 Å². The van der Waals surface area contributed by atoms with E-state index in [4.69, 9.17) is 5.11 Å². The summed E-state index contributed by atoms with van der Waals surface area (Å²) in [5.74, 6) is -0.973. The number of phenols is 1. The van der Waals surface area contributed by atoms with Crippen LogP contribution < -0.4 is 0 Å². The van der Waals surface area contributed by atoms with Crippen LogP contribution in [0, 0.1) is 0 Å². The predicted molar refractivity (Wildman–Crippen MR) is 104 cm³/mol. The minimum Gasteiger partial charge on any atom is -0.507 e. The van der Waals surface area contributed by atoms with E-state index in [2.05, 4.69) is 32.9 Å². The molecule has 0 unspecified atom stereocenters. The van der Waals surface area contributed by atoms with Gasteiger partial charge < -0.3 is 15.4 Å². The average Bonchev–Trinajstić information content (AvgIpc) is 2.61. The van der Waals surface area contributed by atoms with E-state index in [9.17, 15) is 15.1 Å². The monoisotopic (exact) mass is 367 g/mol. The van der Waals surface area contributed by atoms with Gasteiger partial charge in [-0.05, 0) is 59.1 Å². The maximum Gasteiger partial charge on any atom is 0.335 e. The summed E-state index contributed by atoms with van der Waals surface area (Å²) in [6.07, 6.45) is 2.06. The standard InChI is InChI=1S/C22H25NO4/c1-21(2)9-10-22(3,4)17-12-18(24)15(11-16(17)21)19(23-27)13-5-7-14(8-6-13)20(25)26/h5-8,11-12,24,27H,9-10H2,1-4H3,(H,25,26). The largest absolute Gasteiger partial charge is 0.507 e. The molecule has 3 rings (SSSR count). The van der Waals surface area contributed by atoms with Gasteiger partial charge in [-0.2, -0.15) is 0 Å². The molecule has 0 heterocycles. The van der Waals surface area contributed by atoms with Crippen LogP contribution in [0.2, 0.25) is 0 Å². The molecule has 0 bridgehead atoms. The number of carbonyl (C=O) groups is 1. The van der Waals surface area contributed by atoms with Crippen LogP contribution >= 0.6 is 0 Å². The Morgan fingerprint density at radius 2 is 1.41 bits per heavy atom. The molecule has 3 N–H and O–H groups in total. The van der Waals surface area contributed by atoms with Gasteiger partial charge in [0.2, 0.25) is 0 Å². The zero-order chi connectivity index (χ0) is 20.0. The van der Waals surface area contributed by atoms with Gasteiger partial charge in [0.1, 0.15) is 11.5 Å². The molecule has 0 radical (unpaired) electrons. The van der Waals surface area contributed by atoms with Crippen LogP contribution in [0.1, 0.15) is 73.1 Å². The SMILES string of the molecule is CC1(C)CCC(C)(C)c2cc(C(=NO)c3ccc(C(=O)O)cc3)c(O)cc21. The molecule has 0 saturated heterocycles. The minimum atomic E-state index is -1.02. The van der Waals surface area contributed by atoms with Gasteiger partial charge in [-0.1, -0.05) is 45.0 Å². The van der Waals surface area contributed by atoms with Crippen LogP contribution in [-0.2, 0) is 10.8 Å². The lowest BCUT2D eigenvalue weighted by Gasteiger charge is -2.42. The van der Waals surface area contributed by atoms with Gasteiger partial charge in [-0.25, -0.2) is 4.79 Å². The second-order valence-corrected chi connectivity index (χ2v) is 8.51. The Morgan fingerprint density at radius 3 is 1.89 bits per heavy atom. The Balaban J connectivity index is 2.15. The summed E-state index contributed by atoms with van der Waals surface area (Å²) < 4.78 is 0. The molecule has 0 aromatic heterocycles. The number of benzene rings is 2. The van der Waals surface area contributed by atoms with Gasteiger partial charge in [-0.3, -0.25) is 0 Å². The van der Waals surface area contributed by atoms with E-state index in [0.29, 0.717) is 11.1 Å². The molecule has 0 aliphatic heterocycles. The quantitative estimate of drug-likeness (QED) is 0.418. The molecule has 5 nitrogen and oxygen atoms in total. The van der Waals surface area contributed by atoms with E-state index in [1.807, 2.05) is 6.07 Å². The highest BCUT2D eigenvalue weighted by Gasteiger charge is 2.38. The Morgan fingerprint density at radius 1 is 0.926 bits per heavy atom. The van der Waals surface area contributed by atoms with Crippen molar-refractivity contribution >= 4 is 11.7 Å². The second kappa shape index (κ2) is 6.41. The Labute approximate surface area is 159 Å². The molecule has 0 spiro atoms. The first-order valence-corrected chi connectivity index (χ1v) is 9.01. The molecular formula is C22H25NO4. The van der Waals surface area contributed by atoms with Crippen molar-refractivity contribution in [3.63, 3.8) is 0 Å². The van der Waals surface area contributed by atoms with Crippen molar-refractivity contribution in [2.75, 3.05) is 0 Å². The summed E-state index contributed by atoms with van der Waals surface area (Å²) in [4.78, 5) is 11.0. The smallest absolute Gasteiger partial charge is 0.335 e. The van der Waals surface area contributed by atoms with Gasteiger partial charge in [0.15, 0.2) is 0 Å². The maximum atomic E-state index is 11.0. The van der Waals surface area contributed by atoms with Gasteiger partial charge >= 0.3 is 5.97 Å². The highest BCUT2D eigenvalue weighted by Crippen LogP contribution is 2.47. The van der Waals surface area contributed by atoms with Crippen molar-refractivity contribution in [1.82, 2.24) is 0 Å². The highest BCUT2D eigenvalue weighted by atomic mass is 16.4. The van der Waals surface area contributed by atoms with Gasteiger partial charge in [-0.15, -0.1) is 0 Å². The maximum absolute atomic E-state index is 11.0. The predicted octanol–water partition coefficient (Wildman–Crippen LogP) is 4.67. The number of nitrogens with zero attached hydrogens (tertiary/aromatic N) is 1. The fourth-order valence-electron chi connectivity index (χ4n) is 3.83. The molecule has 0 saturated carbocycles. The highest BCUT2D eigenvalue weighted by molar-refractivity contribution is 6.14. The molecule has 5 heteroatoms. The molecule has 2 aromatic rings. The fraction of sp³-hybridized carbons (Fsp3) is 0.364. The third-order valence-corrected chi connectivity index (χ3v) is 5.73. The number of oxime groups is 1. The van der Waals surface area contributed by atoms with Crippen molar-refractivity contribution in [3.05, 3.63) is 64.2 Å². The van der Waals surface area contributed by atoms with Gasteiger partial charge in [0.25, 0.3) is 0 Å². The van der Waals surface area contributed by atoms with Crippen LogP contribution in [0.15, 0.2) is 41.6 Å². The van der Waals surface area contributed by atoms with E-state index in [1.54, 1.807) is 18.2 Å². The molecule has 0 amide bonds. The Kier molecular flexibility index (Phi) is 4.50. The van der Waals surface area contributed by atoms with Crippen molar-refractivity contribution < 1.29 is 20.2 Å². The molecule has 2 aromatic carbocycles. The number of fused-ring (bicyclic) bond motifs is 1. The first-order valence-electron chi connectivity index (χ1n) is 9.01. The Hall–Kier alpha value is -2.82. The number of phenolic OH excluding ortho intramolecular Hbond substituents is 1. The van der Waals surface area contributed by atoms with E-state index in [-0.39, 0.29) is 27.9 Å². The molecule has 142 valence electrons. The normalized spacial score (nSPS) is 18.0. The minimum absolute atomic E-state index is 0.0412. The number of aromatic hydroxyl groups is 1. The third kappa shape index (κ3) is 3.29. The molecular weight excluding hydrogens is 342 g/mol. The summed E-state index contributed by atoms with van der Waals surface area (Å²) >= 11 is 0. The average molecular weight is 367 g/mol. The topological polar surface area (TPSA) is 90.1 Å². The van der Waals surface area contributed by atoms with Crippen LogP contribution in [0.25, 0.3) is 0 Å². The van der Waals surface area contributed by atoms with Crippen LogP contribution in [0.4, 0.5) is 0 Å². The third-order valence-electron chi connectivity index (χ3n) is 5.73. The van der Waals surface area contributed by atoms with Crippen molar-refractivity contribution in [2.24, 2.45) is 5.16 Å². The van der Waals surface area contributed by atoms with E-state index >= 15 is 0 Å².